The number of aryl methyl sites for hydroxylation is 2. The Morgan fingerprint density at radius 2 is 1.92 bits per heavy atom. The summed E-state index contributed by atoms with van der Waals surface area (Å²) in [5.74, 6) is 1.98. The molecule has 0 heterocycles. The molecule has 0 spiro atoms. The van der Waals surface area contributed by atoms with Crippen molar-refractivity contribution in [2.75, 3.05) is 5.75 Å². The third-order valence-corrected chi connectivity index (χ3v) is 3.50. The number of hydrogen-bond donors (Lipinski definition) is 0. The van der Waals surface area contributed by atoms with Crippen molar-refractivity contribution in [3.05, 3.63) is 29.3 Å². The molecule has 13 heavy (non-hydrogen) atoms. The van der Waals surface area contributed by atoms with Gasteiger partial charge in [-0.3, -0.25) is 0 Å². The van der Waals surface area contributed by atoms with Gasteiger partial charge >= 0.3 is 0 Å². The van der Waals surface area contributed by atoms with Crippen LogP contribution in [0.15, 0.2) is 23.1 Å². The molecule has 1 heteroatoms. The van der Waals surface area contributed by atoms with Crippen molar-refractivity contribution in [2.45, 2.75) is 32.6 Å². The lowest BCUT2D eigenvalue weighted by Crippen LogP contribution is -1.91. The van der Waals surface area contributed by atoms with Crippen LogP contribution in [-0.4, -0.2) is 5.75 Å². The van der Waals surface area contributed by atoms with Gasteiger partial charge in [0.1, 0.15) is 0 Å². The van der Waals surface area contributed by atoms with Crippen LogP contribution in [0.1, 0.15) is 25.0 Å². The fourth-order valence-corrected chi connectivity index (χ4v) is 2.18. The van der Waals surface area contributed by atoms with Crippen molar-refractivity contribution in [3.63, 3.8) is 0 Å². The van der Waals surface area contributed by atoms with Crippen molar-refractivity contribution in [1.29, 1.82) is 0 Å². The Morgan fingerprint density at radius 3 is 2.46 bits per heavy atom. The SMILES string of the molecule is Cc1ccc(SCC(C)C)c(C)c1. The minimum atomic E-state index is 0.769. The largest absolute Gasteiger partial charge is 0.126 e. The molecule has 0 saturated heterocycles. The Labute approximate surface area is 85.7 Å². The summed E-state index contributed by atoms with van der Waals surface area (Å²) in [6, 6.07) is 6.68. The summed E-state index contributed by atoms with van der Waals surface area (Å²) >= 11 is 1.96. The smallest absolute Gasteiger partial charge is 0.0101 e. The first-order valence-electron chi connectivity index (χ1n) is 4.79. The average molecular weight is 194 g/mol. The topological polar surface area (TPSA) is 0 Å². The zero-order chi connectivity index (χ0) is 9.84. The van der Waals surface area contributed by atoms with E-state index in [1.165, 1.54) is 21.8 Å². The quantitative estimate of drug-likeness (QED) is 0.654. The van der Waals surface area contributed by atoms with Crippen LogP contribution in [0.3, 0.4) is 0 Å². The zero-order valence-electron chi connectivity index (χ0n) is 8.92. The van der Waals surface area contributed by atoms with Crippen molar-refractivity contribution >= 4 is 11.8 Å². The van der Waals surface area contributed by atoms with Crippen LogP contribution in [0.2, 0.25) is 0 Å². The minimum Gasteiger partial charge on any atom is -0.126 e. The van der Waals surface area contributed by atoms with Crippen LogP contribution >= 0.6 is 11.8 Å². The fraction of sp³-hybridized carbons (Fsp3) is 0.500. The maximum absolute atomic E-state index is 2.26. The molecule has 0 fully saturated rings. The van der Waals surface area contributed by atoms with Gasteiger partial charge in [-0.15, -0.1) is 11.8 Å². The van der Waals surface area contributed by atoms with Crippen LogP contribution in [0.5, 0.6) is 0 Å². The summed E-state index contributed by atoms with van der Waals surface area (Å²) in [4.78, 5) is 1.43. The second kappa shape index (κ2) is 4.71. The summed E-state index contributed by atoms with van der Waals surface area (Å²) in [7, 11) is 0. The highest BCUT2D eigenvalue weighted by atomic mass is 32.2. The molecule has 1 aromatic carbocycles. The number of hydrogen-bond acceptors (Lipinski definition) is 1. The van der Waals surface area contributed by atoms with Crippen molar-refractivity contribution in [3.8, 4) is 0 Å². The van der Waals surface area contributed by atoms with E-state index in [0.29, 0.717) is 0 Å². The molecular formula is C12H18S. The van der Waals surface area contributed by atoms with Gasteiger partial charge in [0.05, 0.1) is 0 Å². The molecule has 1 rings (SSSR count). The van der Waals surface area contributed by atoms with Crippen LogP contribution in [0.25, 0.3) is 0 Å². The summed E-state index contributed by atoms with van der Waals surface area (Å²) < 4.78 is 0. The van der Waals surface area contributed by atoms with Crippen molar-refractivity contribution < 1.29 is 0 Å². The Morgan fingerprint density at radius 1 is 1.23 bits per heavy atom. The van der Waals surface area contributed by atoms with E-state index in [2.05, 4.69) is 45.9 Å². The second-order valence-corrected chi connectivity index (χ2v) is 5.04. The second-order valence-electron chi connectivity index (χ2n) is 3.97. The van der Waals surface area contributed by atoms with E-state index < -0.39 is 0 Å². The third-order valence-electron chi connectivity index (χ3n) is 1.90. The molecule has 0 aliphatic rings. The van der Waals surface area contributed by atoms with Crippen molar-refractivity contribution in [2.24, 2.45) is 5.92 Å². The maximum atomic E-state index is 2.26. The minimum absolute atomic E-state index is 0.769. The van der Waals surface area contributed by atoms with E-state index in [9.17, 15) is 0 Å². The van der Waals surface area contributed by atoms with Gasteiger partial charge in [-0.05, 0) is 31.4 Å². The Kier molecular flexibility index (Phi) is 3.86. The summed E-state index contributed by atoms with van der Waals surface area (Å²) in [5.41, 5.74) is 2.76. The molecule has 0 N–H and O–H groups in total. The van der Waals surface area contributed by atoms with Gasteiger partial charge in [0.25, 0.3) is 0 Å². The Balaban J connectivity index is 2.67. The highest BCUT2D eigenvalue weighted by Crippen LogP contribution is 2.24. The summed E-state index contributed by atoms with van der Waals surface area (Å²) in [5, 5.41) is 0. The molecule has 0 bridgehead atoms. The highest BCUT2D eigenvalue weighted by Gasteiger charge is 2.00. The van der Waals surface area contributed by atoms with Gasteiger partial charge in [0.15, 0.2) is 0 Å². The average Bonchev–Trinajstić information content (AvgIpc) is 2.02. The predicted molar refractivity (Wildman–Crippen MR) is 61.5 cm³/mol. The molecule has 0 saturated carbocycles. The standard InChI is InChI=1S/C12H18S/c1-9(2)8-13-12-6-5-10(3)7-11(12)4/h5-7,9H,8H2,1-4H3. The van der Waals surface area contributed by atoms with Gasteiger partial charge in [0.2, 0.25) is 0 Å². The number of rotatable bonds is 3. The monoisotopic (exact) mass is 194 g/mol. The highest BCUT2D eigenvalue weighted by molar-refractivity contribution is 7.99. The normalized spacial score (nSPS) is 10.8. The van der Waals surface area contributed by atoms with Crippen LogP contribution in [0, 0.1) is 19.8 Å². The van der Waals surface area contributed by atoms with Crippen LogP contribution < -0.4 is 0 Å². The van der Waals surface area contributed by atoms with Gasteiger partial charge in [-0.25, -0.2) is 0 Å². The summed E-state index contributed by atoms with van der Waals surface area (Å²) in [6.07, 6.45) is 0. The molecule has 0 aromatic heterocycles. The maximum Gasteiger partial charge on any atom is 0.0101 e. The van der Waals surface area contributed by atoms with Gasteiger partial charge in [-0.2, -0.15) is 0 Å². The van der Waals surface area contributed by atoms with E-state index >= 15 is 0 Å². The summed E-state index contributed by atoms with van der Waals surface area (Å²) in [6.45, 7) is 8.85. The lowest BCUT2D eigenvalue weighted by molar-refractivity contribution is 0.750. The first kappa shape index (κ1) is 10.6. The van der Waals surface area contributed by atoms with E-state index in [1.54, 1.807) is 0 Å². The zero-order valence-corrected chi connectivity index (χ0v) is 9.74. The van der Waals surface area contributed by atoms with E-state index in [0.717, 1.165) is 5.92 Å². The Hall–Kier alpha value is -0.430. The van der Waals surface area contributed by atoms with E-state index in [-0.39, 0.29) is 0 Å². The molecule has 72 valence electrons. The third kappa shape index (κ3) is 3.43. The molecule has 0 radical (unpaired) electrons. The molecule has 0 amide bonds. The predicted octanol–water partition coefficient (Wildman–Crippen LogP) is 4.05. The van der Waals surface area contributed by atoms with E-state index in [4.69, 9.17) is 0 Å². The number of thioether (sulfide) groups is 1. The fourth-order valence-electron chi connectivity index (χ4n) is 1.22. The lowest BCUT2D eigenvalue weighted by Gasteiger charge is -2.07. The molecular weight excluding hydrogens is 176 g/mol. The van der Waals surface area contributed by atoms with Crippen molar-refractivity contribution in [1.82, 2.24) is 0 Å². The van der Waals surface area contributed by atoms with Crippen LogP contribution in [-0.2, 0) is 0 Å². The molecule has 1 aromatic rings. The lowest BCUT2D eigenvalue weighted by atomic mass is 10.2. The molecule has 0 unspecified atom stereocenters. The van der Waals surface area contributed by atoms with Gasteiger partial charge < -0.3 is 0 Å². The first-order valence-corrected chi connectivity index (χ1v) is 5.78. The van der Waals surface area contributed by atoms with Gasteiger partial charge in [-0.1, -0.05) is 31.5 Å². The number of benzene rings is 1. The molecule has 0 atom stereocenters. The Bertz CT molecular complexity index is 276. The van der Waals surface area contributed by atoms with Crippen LogP contribution in [0.4, 0.5) is 0 Å². The van der Waals surface area contributed by atoms with E-state index in [1.807, 2.05) is 11.8 Å². The first-order chi connectivity index (χ1) is 6.09. The molecule has 0 nitrogen and oxygen atoms in total. The molecule has 0 aliphatic heterocycles. The van der Waals surface area contributed by atoms with Gasteiger partial charge in [0, 0.05) is 10.6 Å². The molecule has 0 aliphatic carbocycles.